The number of hydrogen-bond donors (Lipinski definition) is 2. The van der Waals surface area contributed by atoms with E-state index in [0.717, 1.165) is 4.57 Å². The first-order valence-corrected chi connectivity index (χ1v) is 12.0. The Morgan fingerprint density at radius 3 is 2.66 bits per heavy atom. The normalized spacial score (nSPS) is 13.5. The van der Waals surface area contributed by atoms with Crippen LogP contribution in [0, 0.1) is 11.3 Å². The maximum absolute atomic E-state index is 13.3. The van der Waals surface area contributed by atoms with Gasteiger partial charge in [0.25, 0.3) is 5.56 Å². The van der Waals surface area contributed by atoms with Gasteiger partial charge in [-0.05, 0) is 12.1 Å². The van der Waals surface area contributed by atoms with Gasteiger partial charge in [-0.2, -0.15) is 23.4 Å². The largest absolute Gasteiger partial charge is 0.454 e. The molecule has 0 aromatic carbocycles. The van der Waals surface area contributed by atoms with Gasteiger partial charge < -0.3 is 28.8 Å². The van der Waals surface area contributed by atoms with E-state index in [4.69, 9.17) is 9.47 Å². The van der Waals surface area contributed by atoms with Crippen molar-refractivity contribution < 1.29 is 27.4 Å². The number of carbonyl (C=O) groups is 1. The molecule has 0 unspecified atom stereocenters. The number of likely N-dealkylation sites (tertiary alicyclic amines) is 1. The molecule has 5 heterocycles. The van der Waals surface area contributed by atoms with Gasteiger partial charge in [-0.3, -0.25) is 10.1 Å². The number of anilines is 3. The van der Waals surface area contributed by atoms with Crippen LogP contribution in [-0.2, 0) is 25.0 Å². The van der Waals surface area contributed by atoms with E-state index in [2.05, 4.69) is 25.6 Å². The number of urea groups is 1. The average Bonchev–Trinajstić information content (AvgIpc) is 3.20. The third-order valence-electron chi connectivity index (χ3n) is 6.40. The SMILES string of the molecule is COC1CN(C(=O)Nc2cc(Oc3cnc4nc(Nc5cc(C(F)(F)F)cn(C)c5=O)n(C)c4c3C#N)ccn2)C1. The lowest BCUT2D eigenvalue weighted by Gasteiger charge is -2.37. The van der Waals surface area contributed by atoms with Crippen LogP contribution in [0.3, 0.4) is 0 Å². The van der Waals surface area contributed by atoms with Gasteiger partial charge in [-0.1, -0.05) is 0 Å². The number of pyridine rings is 3. The van der Waals surface area contributed by atoms with Gasteiger partial charge in [0, 0.05) is 39.7 Å². The van der Waals surface area contributed by atoms with Crippen LogP contribution in [0.4, 0.5) is 35.4 Å². The summed E-state index contributed by atoms with van der Waals surface area (Å²) >= 11 is 0. The first kappa shape index (κ1) is 27.4. The van der Waals surface area contributed by atoms with Crippen LogP contribution in [0.15, 0.2) is 41.6 Å². The summed E-state index contributed by atoms with van der Waals surface area (Å²) < 4.78 is 53.1. The molecule has 4 aromatic heterocycles. The number of aromatic nitrogens is 5. The third-order valence-corrected chi connectivity index (χ3v) is 6.40. The Labute approximate surface area is 229 Å². The lowest BCUT2D eigenvalue weighted by molar-refractivity contribution is -0.138. The Bertz CT molecular complexity index is 1750. The summed E-state index contributed by atoms with van der Waals surface area (Å²) in [5.41, 5.74) is -1.76. The Morgan fingerprint density at radius 1 is 1.22 bits per heavy atom. The van der Waals surface area contributed by atoms with Crippen LogP contribution < -0.4 is 20.9 Å². The standard InChI is InChI=1S/C25H22F3N9O4/c1-35-10-13(25(26,27)28)6-17(22(35)38)32-23-34-21-20(36(23)2)16(8-29)18(9-31-21)41-14-4-5-30-19(7-14)33-24(39)37-11-15(12-37)40-3/h4-7,9-10,15H,11-12H2,1-3H3,(H,30,33,39)(H,31,32,34). The zero-order chi connectivity index (χ0) is 29.5. The third kappa shape index (κ3) is 5.34. The second-order valence-corrected chi connectivity index (χ2v) is 9.13. The number of nitrogens with zero attached hydrogens (tertiary/aromatic N) is 7. The highest BCUT2D eigenvalue weighted by Gasteiger charge is 2.32. The molecule has 41 heavy (non-hydrogen) atoms. The van der Waals surface area contributed by atoms with E-state index in [0.29, 0.717) is 25.4 Å². The quantitative estimate of drug-likeness (QED) is 0.356. The minimum atomic E-state index is -4.67. The summed E-state index contributed by atoms with van der Waals surface area (Å²) in [6.45, 7) is 0.916. The van der Waals surface area contributed by atoms with E-state index >= 15 is 0 Å². The highest BCUT2D eigenvalue weighted by atomic mass is 19.4. The average molecular weight is 570 g/mol. The molecular formula is C25H22F3N9O4. The van der Waals surface area contributed by atoms with Gasteiger partial charge >= 0.3 is 12.2 Å². The second kappa shape index (κ2) is 10.4. The van der Waals surface area contributed by atoms with Gasteiger partial charge in [0.1, 0.15) is 34.4 Å². The first-order valence-electron chi connectivity index (χ1n) is 12.0. The molecule has 0 bridgehead atoms. The topological polar surface area (TPSA) is 152 Å². The number of methoxy groups -OCH3 is 1. The van der Waals surface area contributed by atoms with Crippen LogP contribution in [0.1, 0.15) is 11.1 Å². The molecule has 0 aliphatic carbocycles. The predicted molar refractivity (Wildman–Crippen MR) is 139 cm³/mol. The smallest absolute Gasteiger partial charge is 0.417 e. The Hall–Kier alpha value is -5.17. The van der Waals surface area contributed by atoms with E-state index in [1.165, 1.54) is 43.2 Å². The van der Waals surface area contributed by atoms with Crippen LogP contribution in [0.25, 0.3) is 11.2 Å². The van der Waals surface area contributed by atoms with Crippen molar-refractivity contribution in [2.45, 2.75) is 12.3 Å². The molecule has 2 amide bonds. The fourth-order valence-electron chi connectivity index (χ4n) is 4.14. The van der Waals surface area contributed by atoms with Crippen molar-refractivity contribution in [1.82, 2.24) is 29.0 Å². The van der Waals surface area contributed by atoms with Crippen molar-refractivity contribution in [2.75, 3.05) is 30.8 Å². The number of fused-ring (bicyclic) bond motifs is 1. The molecule has 1 aliphatic heterocycles. The molecule has 1 aliphatic rings. The van der Waals surface area contributed by atoms with Crippen molar-refractivity contribution in [2.24, 2.45) is 14.1 Å². The molecule has 1 saturated heterocycles. The maximum atomic E-state index is 13.3. The summed E-state index contributed by atoms with van der Waals surface area (Å²) in [5, 5.41) is 15.2. The molecule has 0 spiro atoms. The maximum Gasteiger partial charge on any atom is 0.417 e. The van der Waals surface area contributed by atoms with Crippen LogP contribution in [0.2, 0.25) is 0 Å². The van der Waals surface area contributed by atoms with Crippen molar-refractivity contribution in [3.63, 3.8) is 0 Å². The van der Waals surface area contributed by atoms with Crippen LogP contribution in [-0.4, -0.2) is 61.3 Å². The molecule has 13 nitrogen and oxygen atoms in total. The van der Waals surface area contributed by atoms with E-state index in [9.17, 15) is 28.0 Å². The summed E-state index contributed by atoms with van der Waals surface area (Å²) in [7, 11) is 4.28. The highest BCUT2D eigenvalue weighted by Crippen LogP contribution is 2.33. The number of alkyl halides is 3. The summed E-state index contributed by atoms with van der Waals surface area (Å²) in [4.78, 5) is 39.0. The van der Waals surface area contributed by atoms with Crippen molar-refractivity contribution >= 4 is 34.6 Å². The Balaban J connectivity index is 1.42. The number of nitriles is 1. The number of nitrogens with one attached hydrogen (secondary N) is 2. The molecule has 0 radical (unpaired) electrons. The van der Waals surface area contributed by atoms with Crippen molar-refractivity contribution in [3.05, 3.63) is 58.3 Å². The zero-order valence-corrected chi connectivity index (χ0v) is 21.9. The first-order chi connectivity index (χ1) is 19.5. The Morgan fingerprint density at radius 2 is 1.98 bits per heavy atom. The van der Waals surface area contributed by atoms with Gasteiger partial charge in [-0.15, -0.1) is 0 Å². The number of aryl methyl sites for hydroxylation is 2. The van der Waals surface area contributed by atoms with E-state index in [1.54, 1.807) is 12.0 Å². The number of ether oxygens (including phenoxy) is 2. The molecule has 16 heteroatoms. The number of amides is 2. The molecular weight excluding hydrogens is 547 g/mol. The fourth-order valence-corrected chi connectivity index (χ4v) is 4.14. The lowest BCUT2D eigenvalue weighted by atomic mass is 10.2. The van der Waals surface area contributed by atoms with E-state index in [-0.39, 0.29) is 57.8 Å². The molecule has 212 valence electrons. The molecule has 4 aromatic rings. The van der Waals surface area contributed by atoms with Crippen molar-refractivity contribution in [3.8, 4) is 17.6 Å². The number of carbonyl (C=O) groups excluding carboxylic acids is 1. The summed E-state index contributed by atoms with van der Waals surface area (Å²) in [6.07, 6.45) is -1.30. The summed E-state index contributed by atoms with van der Waals surface area (Å²) in [5.74, 6) is 0.502. The number of imidazole rings is 1. The van der Waals surface area contributed by atoms with Crippen molar-refractivity contribution in [1.29, 1.82) is 5.26 Å². The minimum Gasteiger partial charge on any atom is -0.454 e. The number of hydrogen-bond acceptors (Lipinski definition) is 9. The summed E-state index contributed by atoms with van der Waals surface area (Å²) in [6, 6.07) is 5.36. The monoisotopic (exact) mass is 569 g/mol. The fraction of sp³-hybridized carbons (Fsp3) is 0.280. The highest BCUT2D eigenvalue weighted by molar-refractivity contribution is 5.89. The van der Waals surface area contributed by atoms with Crippen LogP contribution >= 0.6 is 0 Å². The number of rotatable bonds is 6. The molecule has 1 fully saturated rings. The molecule has 0 saturated carbocycles. The van der Waals surface area contributed by atoms with Gasteiger partial charge in [-0.25, -0.2) is 14.8 Å². The van der Waals surface area contributed by atoms with Gasteiger partial charge in [0.2, 0.25) is 5.95 Å². The molecule has 0 atom stereocenters. The van der Waals surface area contributed by atoms with Gasteiger partial charge in [0.15, 0.2) is 11.4 Å². The predicted octanol–water partition coefficient (Wildman–Crippen LogP) is 3.35. The second-order valence-electron chi connectivity index (χ2n) is 9.13. The Kier molecular flexibility index (Phi) is 6.97. The molecule has 2 N–H and O–H groups in total. The zero-order valence-electron chi connectivity index (χ0n) is 21.9. The lowest BCUT2D eigenvalue weighted by Crippen LogP contribution is -2.55. The van der Waals surface area contributed by atoms with Gasteiger partial charge in [0.05, 0.1) is 31.0 Å². The van der Waals surface area contributed by atoms with Crippen LogP contribution in [0.5, 0.6) is 11.5 Å². The minimum absolute atomic E-state index is 0.00617. The molecule has 5 rings (SSSR count). The number of halogens is 3. The van der Waals surface area contributed by atoms with E-state index in [1.807, 2.05) is 6.07 Å². The van der Waals surface area contributed by atoms with E-state index < -0.39 is 17.3 Å².